The summed E-state index contributed by atoms with van der Waals surface area (Å²) in [7, 11) is 0. The Hall–Kier alpha value is -1.06. The molecule has 1 saturated heterocycles. The topological polar surface area (TPSA) is 57.6 Å². The van der Waals surface area contributed by atoms with Crippen LogP contribution in [0.4, 0.5) is 0 Å². The number of carboxylic acid groups (broad SMARTS) is 1. The fourth-order valence-electron chi connectivity index (χ4n) is 1.69. The molecular weight excluding hydrogens is 182 g/mol. The first-order valence-electron chi connectivity index (χ1n) is 4.92. The molecule has 1 unspecified atom stereocenters. The molecule has 1 amide bonds. The lowest BCUT2D eigenvalue weighted by Gasteiger charge is -2.28. The van der Waals surface area contributed by atoms with Crippen molar-refractivity contribution in [1.29, 1.82) is 0 Å². The van der Waals surface area contributed by atoms with E-state index in [4.69, 9.17) is 5.11 Å². The van der Waals surface area contributed by atoms with Gasteiger partial charge in [0.05, 0.1) is 0 Å². The van der Waals surface area contributed by atoms with Crippen molar-refractivity contribution in [2.75, 3.05) is 6.54 Å². The van der Waals surface area contributed by atoms with E-state index in [-0.39, 0.29) is 11.9 Å². The molecule has 1 atom stereocenters. The third-order valence-corrected chi connectivity index (χ3v) is 2.88. The van der Waals surface area contributed by atoms with E-state index in [0.717, 1.165) is 12.8 Å². The van der Waals surface area contributed by atoms with Gasteiger partial charge < -0.3 is 10.0 Å². The van der Waals surface area contributed by atoms with Crippen LogP contribution in [-0.4, -0.2) is 34.5 Å². The Balaban J connectivity index is 2.79. The predicted molar refractivity (Wildman–Crippen MR) is 51.8 cm³/mol. The van der Waals surface area contributed by atoms with Gasteiger partial charge in [0.25, 0.3) is 0 Å². The summed E-state index contributed by atoms with van der Waals surface area (Å²) in [6.07, 6.45) is 1.95. The molecule has 1 aliphatic heterocycles. The first kappa shape index (κ1) is 11.0. The van der Waals surface area contributed by atoms with Crippen LogP contribution in [0.25, 0.3) is 0 Å². The summed E-state index contributed by atoms with van der Waals surface area (Å²) in [4.78, 5) is 24.4. The molecule has 14 heavy (non-hydrogen) atoms. The molecule has 0 aliphatic carbocycles. The van der Waals surface area contributed by atoms with Crippen LogP contribution in [-0.2, 0) is 9.59 Å². The third-order valence-electron chi connectivity index (χ3n) is 2.88. The predicted octanol–water partition coefficient (Wildman–Crippen LogP) is 1.11. The normalized spacial score (nSPS) is 22.5. The van der Waals surface area contributed by atoms with Gasteiger partial charge in [0.2, 0.25) is 5.91 Å². The average Bonchev–Trinajstić information content (AvgIpc) is 2.49. The summed E-state index contributed by atoms with van der Waals surface area (Å²) in [6, 6.07) is 0.182. The van der Waals surface area contributed by atoms with Crippen molar-refractivity contribution in [3.05, 3.63) is 0 Å². The molecule has 1 rings (SSSR count). The van der Waals surface area contributed by atoms with E-state index < -0.39 is 11.4 Å². The molecular formula is C10H17NO3. The molecule has 0 spiro atoms. The van der Waals surface area contributed by atoms with Gasteiger partial charge in [-0.2, -0.15) is 0 Å². The molecule has 0 aromatic rings. The summed E-state index contributed by atoms with van der Waals surface area (Å²) in [5.74, 6) is -1.32. The van der Waals surface area contributed by atoms with Crippen LogP contribution in [0.5, 0.6) is 0 Å². The Kier molecular flexibility index (Phi) is 2.83. The van der Waals surface area contributed by atoms with Crippen molar-refractivity contribution in [3.8, 4) is 0 Å². The number of rotatable bonds is 2. The zero-order valence-corrected chi connectivity index (χ0v) is 8.91. The maximum absolute atomic E-state index is 11.9. The smallest absolute Gasteiger partial charge is 0.318 e. The summed E-state index contributed by atoms with van der Waals surface area (Å²) >= 11 is 0. The van der Waals surface area contributed by atoms with Gasteiger partial charge in [0.15, 0.2) is 0 Å². The lowest BCUT2D eigenvalue weighted by molar-refractivity contribution is -0.158. The number of nitrogens with zero attached hydrogens (tertiary/aromatic N) is 1. The van der Waals surface area contributed by atoms with E-state index in [9.17, 15) is 9.59 Å². The number of hydrogen-bond acceptors (Lipinski definition) is 2. The van der Waals surface area contributed by atoms with Gasteiger partial charge in [-0.15, -0.1) is 0 Å². The minimum atomic E-state index is -1.29. The van der Waals surface area contributed by atoms with Crippen molar-refractivity contribution in [2.45, 2.75) is 39.7 Å². The van der Waals surface area contributed by atoms with Crippen LogP contribution < -0.4 is 0 Å². The number of carbonyl (C=O) groups is 2. The molecule has 4 heteroatoms. The Morgan fingerprint density at radius 3 is 2.36 bits per heavy atom. The first-order chi connectivity index (χ1) is 6.37. The number of hydrogen-bond donors (Lipinski definition) is 1. The number of carbonyl (C=O) groups excluding carboxylic acids is 1. The van der Waals surface area contributed by atoms with Crippen LogP contribution in [0.15, 0.2) is 0 Å². The van der Waals surface area contributed by atoms with Crippen LogP contribution in [0.3, 0.4) is 0 Å². The summed E-state index contributed by atoms with van der Waals surface area (Å²) in [6.45, 7) is 5.57. The molecule has 1 aliphatic rings. The lowest BCUT2D eigenvalue weighted by atomic mass is 9.91. The molecule has 0 radical (unpaired) electrons. The lowest BCUT2D eigenvalue weighted by Crippen LogP contribution is -2.46. The first-order valence-corrected chi connectivity index (χ1v) is 4.92. The van der Waals surface area contributed by atoms with Gasteiger partial charge in [-0.05, 0) is 33.6 Å². The van der Waals surface area contributed by atoms with Gasteiger partial charge in [-0.25, -0.2) is 0 Å². The van der Waals surface area contributed by atoms with Gasteiger partial charge in [0, 0.05) is 12.6 Å². The van der Waals surface area contributed by atoms with E-state index in [1.54, 1.807) is 4.90 Å². The highest BCUT2D eigenvalue weighted by Crippen LogP contribution is 2.25. The van der Waals surface area contributed by atoms with Gasteiger partial charge in [0.1, 0.15) is 5.41 Å². The van der Waals surface area contributed by atoms with Crippen molar-refractivity contribution >= 4 is 11.9 Å². The van der Waals surface area contributed by atoms with Crippen LogP contribution >= 0.6 is 0 Å². The standard InChI is InChI=1S/C10H17NO3/c1-7-5-4-6-11(7)8(12)10(2,3)9(13)14/h7H,4-6H2,1-3H3,(H,13,14). The van der Waals surface area contributed by atoms with E-state index in [1.165, 1.54) is 13.8 Å². The minimum Gasteiger partial charge on any atom is -0.480 e. The van der Waals surface area contributed by atoms with E-state index in [1.807, 2.05) is 6.92 Å². The SMILES string of the molecule is CC1CCCN1C(=O)C(C)(C)C(=O)O. The highest BCUT2D eigenvalue weighted by atomic mass is 16.4. The molecule has 80 valence electrons. The van der Waals surface area contributed by atoms with Crippen molar-refractivity contribution < 1.29 is 14.7 Å². The molecule has 0 bridgehead atoms. The second kappa shape index (κ2) is 3.59. The Morgan fingerprint density at radius 2 is 2.00 bits per heavy atom. The average molecular weight is 199 g/mol. The molecule has 0 aromatic heterocycles. The van der Waals surface area contributed by atoms with Crippen molar-refractivity contribution in [1.82, 2.24) is 4.90 Å². The second-order valence-electron chi connectivity index (χ2n) is 4.42. The van der Waals surface area contributed by atoms with E-state index in [0.29, 0.717) is 6.54 Å². The summed E-state index contributed by atoms with van der Waals surface area (Å²) in [5, 5.41) is 8.91. The Bertz CT molecular complexity index is 260. The Labute approximate surface area is 83.9 Å². The maximum atomic E-state index is 11.9. The summed E-state index contributed by atoms with van der Waals surface area (Å²) in [5.41, 5.74) is -1.29. The quantitative estimate of drug-likeness (QED) is 0.678. The van der Waals surface area contributed by atoms with E-state index in [2.05, 4.69) is 0 Å². The molecule has 1 fully saturated rings. The fourth-order valence-corrected chi connectivity index (χ4v) is 1.69. The van der Waals surface area contributed by atoms with Gasteiger partial charge in [-0.1, -0.05) is 0 Å². The monoisotopic (exact) mass is 199 g/mol. The molecule has 0 aromatic carbocycles. The minimum absolute atomic E-state index is 0.182. The molecule has 4 nitrogen and oxygen atoms in total. The van der Waals surface area contributed by atoms with Gasteiger partial charge in [-0.3, -0.25) is 9.59 Å². The maximum Gasteiger partial charge on any atom is 0.318 e. The van der Waals surface area contributed by atoms with Gasteiger partial charge >= 0.3 is 5.97 Å². The second-order valence-corrected chi connectivity index (χ2v) is 4.42. The number of carboxylic acids is 1. The summed E-state index contributed by atoms with van der Waals surface area (Å²) < 4.78 is 0. The number of amides is 1. The highest BCUT2D eigenvalue weighted by molar-refractivity contribution is 6.01. The van der Waals surface area contributed by atoms with Crippen molar-refractivity contribution in [2.24, 2.45) is 5.41 Å². The van der Waals surface area contributed by atoms with Crippen LogP contribution in [0, 0.1) is 5.41 Å². The fraction of sp³-hybridized carbons (Fsp3) is 0.800. The third kappa shape index (κ3) is 1.74. The molecule has 1 N–H and O–H groups in total. The van der Waals surface area contributed by atoms with Crippen LogP contribution in [0.2, 0.25) is 0 Å². The van der Waals surface area contributed by atoms with E-state index >= 15 is 0 Å². The zero-order chi connectivity index (χ0) is 10.9. The van der Waals surface area contributed by atoms with Crippen molar-refractivity contribution in [3.63, 3.8) is 0 Å². The number of likely N-dealkylation sites (tertiary alicyclic amines) is 1. The molecule has 0 saturated carbocycles. The van der Waals surface area contributed by atoms with Crippen LogP contribution in [0.1, 0.15) is 33.6 Å². The number of aliphatic carboxylic acids is 1. The molecule has 1 heterocycles. The largest absolute Gasteiger partial charge is 0.480 e. The Morgan fingerprint density at radius 1 is 1.43 bits per heavy atom. The zero-order valence-electron chi connectivity index (χ0n) is 8.91. The highest BCUT2D eigenvalue weighted by Gasteiger charge is 2.41.